The van der Waals surface area contributed by atoms with Crippen LogP contribution in [0.3, 0.4) is 0 Å². The molecule has 2 aromatic heterocycles. The lowest BCUT2D eigenvalue weighted by atomic mass is 10.2. The molecule has 0 saturated heterocycles. The molecule has 0 bridgehead atoms. The number of hydrogen-bond donors (Lipinski definition) is 2. The van der Waals surface area contributed by atoms with Gasteiger partial charge in [-0.2, -0.15) is 5.10 Å². The molecule has 0 amide bonds. The first-order chi connectivity index (χ1) is 9.16. The third-order valence-electron chi connectivity index (χ3n) is 2.99. The molecule has 0 aliphatic carbocycles. The molecule has 0 unspecified atom stereocenters. The first-order valence-corrected chi connectivity index (χ1v) is 5.75. The van der Waals surface area contributed by atoms with Gasteiger partial charge in [-0.15, -0.1) is 0 Å². The van der Waals surface area contributed by atoms with Crippen LogP contribution in [0.2, 0.25) is 0 Å². The van der Waals surface area contributed by atoms with E-state index in [1.807, 2.05) is 6.07 Å². The zero-order valence-electron chi connectivity index (χ0n) is 10.3. The average molecular weight is 257 g/mol. The Morgan fingerprint density at radius 1 is 1.21 bits per heavy atom. The highest BCUT2D eigenvalue weighted by Gasteiger charge is 2.12. The largest absolute Gasteiger partial charge is 0.384 e. The molecule has 0 aliphatic heterocycles. The van der Waals surface area contributed by atoms with E-state index >= 15 is 0 Å². The molecule has 5 nitrogen and oxygen atoms in total. The van der Waals surface area contributed by atoms with Crippen molar-refractivity contribution >= 4 is 28.4 Å². The maximum Gasteiger partial charge on any atom is 0.185 e. The summed E-state index contributed by atoms with van der Waals surface area (Å²) >= 11 is 0. The molecule has 3 N–H and O–H groups in total. The number of aromatic nitrogens is 3. The normalized spacial score (nSPS) is 10.8. The van der Waals surface area contributed by atoms with Gasteiger partial charge in [0, 0.05) is 7.05 Å². The van der Waals surface area contributed by atoms with E-state index in [9.17, 15) is 4.39 Å². The Balaban J connectivity index is 2.06. The van der Waals surface area contributed by atoms with Crippen LogP contribution in [0.25, 0.3) is 11.0 Å². The fourth-order valence-electron chi connectivity index (χ4n) is 1.94. The van der Waals surface area contributed by atoms with Gasteiger partial charge >= 0.3 is 0 Å². The number of rotatable bonds is 2. The first kappa shape index (κ1) is 11.5. The molecule has 0 fully saturated rings. The van der Waals surface area contributed by atoms with Crippen LogP contribution in [-0.4, -0.2) is 22.2 Å². The number of aromatic amines is 1. The quantitative estimate of drug-likeness (QED) is 0.739. The molecule has 3 aromatic rings. The smallest absolute Gasteiger partial charge is 0.185 e. The zero-order valence-corrected chi connectivity index (χ0v) is 10.3. The van der Waals surface area contributed by atoms with E-state index in [0.717, 1.165) is 5.39 Å². The van der Waals surface area contributed by atoms with E-state index in [2.05, 4.69) is 15.2 Å². The van der Waals surface area contributed by atoms with Crippen molar-refractivity contribution in [3.63, 3.8) is 0 Å². The van der Waals surface area contributed by atoms with Gasteiger partial charge in [0.05, 0.1) is 11.1 Å². The van der Waals surface area contributed by atoms with Gasteiger partial charge < -0.3 is 10.6 Å². The van der Waals surface area contributed by atoms with E-state index in [0.29, 0.717) is 23.0 Å². The fourth-order valence-corrected chi connectivity index (χ4v) is 1.94. The molecule has 0 radical (unpaired) electrons. The lowest BCUT2D eigenvalue weighted by Gasteiger charge is -2.18. The van der Waals surface area contributed by atoms with Gasteiger partial charge in [0.25, 0.3) is 0 Å². The van der Waals surface area contributed by atoms with Gasteiger partial charge in [0.15, 0.2) is 5.65 Å². The molecule has 0 saturated carbocycles. The van der Waals surface area contributed by atoms with E-state index < -0.39 is 0 Å². The molecule has 0 atom stereocenters. The van der Waals surface area contributed by atoms with Crippen molar-refractivity contribution in [1.82, 2.24) is 15.2 Å². The summed E-state index contributed by atoms with van der Waals surface area (Å²) in [5.41, 5.74) is 6.67. The van der Waals surface area contributed by atoms with Crippen molar-refractivity contribution < 1.29 is 4.39 Å². The SMILES string of the molecule is CN(c1ccc2c(N)[nH]nc2n1)c1ccccc1F. The summed E-state index contributed by atoms with van der Waals surface area (Å²) in [6.45, 7) is 0. The summed E-state index contributed by atoms with van der Waals surface area (Å²) in [4.78, 5) is 6.02. The van der Waals surface area contributed by atoms with Gasteiger partial charge in [0.2, 0.25) is 0 Å². The van der Waals surface area contributed by atoms with Gasteiger partial charge in [-0.1, -0.05) is 12.1 Å². The molecule has 0 aliphatic rings. The Morgan fingerprint density at radius 3 is 2.79 bits per heavy atom. The highest BCUT2D eigenvalue weighted by Crippen LogP contribution is 2.26. The second-order valence-electron chi connectivity index (χ2n) is 4.19. The summed E-state index contributed by atoms with van der Waals surface area (Å²) in [5, 5.41) is 7.42. The second kappa shape index (κ2) is 4.24. The van der Waals surface area contributed by atoms with Crippen molar-refractivity contribution in [3.8, 4) is 0 Å². The number of nitrogens with one attached hydrogen (secondary N) is 1. The van der Waals surface area contributed by atoms with Crippen LogP contribution in [0.15, 0.2) is 36.4 Å². The molecule has 0 spiro atoms. The number of pyridine rings is 1. The second-order valence-corrected chi connectivity index (χ2v) is 4.19. The number of nitrogens with zero attached hydrogens (tertiary/aromatic N) is 3. The van der Waals surface area contributed by atoms with E-state index in [4.69, 9.17) is 5.73 Å². The number of halogens is 1. The number of para-hydroxylation sites is 1. The first-order valence-electron chi connectivity index (χ1n) is 5.75. The van der Waals surface area contributed by atoms with E-state index in [1.54, 1.807) is 36.2 Å². The van der Waals surface area contributed by atoms with Gasteiger partial charge in [-0.05, 0) is 24.3 Å². The van der Waals surface area contributed by atoms with Crippen LogP contribution in [0.1, 0.15) is 0 Å². The van der Waals surface area contributed by atoms with Crippen molar-refractivity contribution in [3.05, 3.63) is 42.2 Å². The molecule has 3 rings (SSSR count). The number of fused-ring (bicyclic) bond motifs is 1. The average Bonchev–Trinajstić information content (AvgIpc) is 2.80. The number of nitrogens with two attached hydrogens (primary N) is 1. The van der Waals surface area contributed by atoms with Gasteiger partial charge in [-0.25, -0.2) is 9.37 Å². The van der Waals surface area contributed by atoms with Crippen molar-refractivity contribution in [1.29, 1.82) is 0 Å². The van der Waals surface area contributed by atoms with Crippen molar-refractivity contribution in [2.75, 3.05) is 17.7 Å². The van der Waals surface area contributed by atoms with Gasteiger partial charge in [-0.3, -0.25) is 5.10 Å². The molecule has 6 heteroatoms. The maximum atomic E-state index is 13.7. The summed E-state index contributed by atoms with van der Waals surface area (Å²) in [5.74, 6) is 0.778. The number of hydrogen-bond acceptors (Lipinski definition) is 4. The third-order valence-corrected chi connectivity index (χ3v) is 2.99. The highest BCUT2D eigenvalue weighted by molar-refractivity contribution is 5.87. The van der Waals surface area contributed by atoms with Crippen molar-refractivity contribution in [2.45, 2.75) is 0 Å². The minimum Gasteiger partial charge on any atom is -0.384 e. The Hall–Kier alpha value is -2.63. The number of H-pyrrole nitrogens is 1. The summed E-state index contributed by atoms with van der Waals surface area (Å²) < 4.78 is 13.7. The molecule has 19 heavy (non-hydrogen) atoms. The third kappa shape index (κ3) is 1.87. The van der Waals surface area contributed by atoms with Crippen LogP contribution in [0.5, 0.6) is 0 Å². The summed E-state index contributed by atoms with van der Waals surface area (Å²) in [7, 11) is 1.75. The van der Waals surface area contributed by atoms with Crippen molar-refractivity contribution in [2.24, 2.45) is 0 Å². The lowest BCUT2D eigenvalue weighted by molar-refractivity contribution is 0.627. The lowest BCUT2D eigenvalue weighted by Crippen LogP contribution is -2.12. The van der Waals surface area contributed by atoms with Crippen LogP contribution in [0, 0.1) is 5.82 Å². The summed E-state index contributed by atoms with van der Waals surface area (Å²) in [6.07, 6.45) is 0. The molecular weight excluding hydrogens is 245 g/mol. The molecule has 2 heterocycles. The topological polar surface area (TPSA) is 70.8 Å². The Kier molecular flexibility index (Phi) is 2.56. The van der Waals surface area contributed by atoms with Crippen LogP contribution < -0.4 is 10.6 Å². The highest BCUT2D eigenvalue weighted by atomic mass is 19.1. The molecule has 96 valence electrons. The van der Waals surface area contributed by atoms with E-state index in [-0.39, 0.29) is 5.82 Å². The Labute approximate surface area is 108 Å². The number of benzene rings is 1. The molecular formula is C13H12FN5. The Bertz CT molecular complexity index is 737. The van der Waals surface area contributed by atoms with Gasteiger partial charge in [0.1, 0.15) is 17.5 Å². The number of nitrogen functional groups attached to an aromatic ring is 1. The number of anilines is 3. The zero-order chi connectivity index (χ0) is 13.4. The minimum atomic E-state index is -0.298. The van der Waals surface area contributed by atoms with Crippen LogP contribution in [-0.2, 0) is 0 Å². The maximum absolute atomic E-state index is 13.7. The summed E-state index contributed by atoms with van der Waals surface area (Å²) in [6, 6.07) is 10.1. The van der Waals surface area contributed by atoms with Crippen LogP contribution >= 0.6 is 0 Å². The standard InChI is InChI=1S/C13H12FN5/c1-19(10-5-3-2-4-9(10)14)11-7-6-8-12(15)17-18-13(8)16-11/h2-7H,1H3,(H3,15,16,17,18). The predicted octanol–water partition coefficient (Wildman–Crippen LogP) is 2.45. The van der Waals surface area contributed by atoms with Crippen LogP contribution in [0.4, 0.5) is 21.7 Å². The molecule has 1 aromatic carbocycles. The Morgan fingerprint density at radius 2 is 2.00 bits per heavy atom. The van der Waals surface area contributed by atoms with E-state index in [1.165, 1.54) is 6.07 Å². The monoisotopic (exact) mass is 257 g/mol. The predicted molar refractivity (Wildman–Crippen MR) is 72.8 cm³/mol. The fraction of sp³-hybridized carbons (Fsp3) is 0.0769. The minimum absolute atomic E-state index is 0.298.